The highest BCUT2D eigenvalue weighted by molar-refractivity contribution is 5.99. The van der Waals surface area contributed by atoms with Crippen molar-refractivity contribution in [2.75, 3.05) is 5.32 Å². The van der Waals surface area contributed by atoms with Crippen LogP contribution < -0.4 is 10.9 Å². The molecule has 1 fully saturated rings. The Morgan fingerprint density at radius 3 is 2.66 bits per heavy atom. The summed E-state index contributed by atoms with van der Waals surface area (Å²) in [6, 6.07) is 3.12. The van der Waals surface area contributed by atoms with Gasteiger partial charge in [0.05, 0.1) is 11.4 Å². The van der Waals surface area contributed by atoms with Crippen molar-refractivity contribution in [2.45, 2.75) is 32.9 Å². The Morgan fingerprint density at radius 2 is 2.03 bits per heavy atom. The van der Waals surface area contributed by atoms with E-state index in [4.69, 9.17) is 5.21 Å². The van der Waals surface area contributed by atoms with Crippen LogP contribution in [0.5, 0.6) is 0 Å². The molecule has 1 aliphatic rings. The quantitative estimate of drug-likeness (QED) is 0.359. The number of alkyl halides is 1. The first-order valence-corrected chi connectivity index (χ1v) is 10.1. The average molecular weight is 441 g/mol. The van der Waals surface area contributed by atoms with Gasteiger partial charge in [0.15, 0.2) is 5.82 Å². The first kappa shape index (κ1) is 21.5. The Hall–Kier alpha value is -3.69. The summed E-state index contributed by atoms with van der Waals surface area (Å²) in [7, 11) is 1.55. The number of fused-ring (bicyclic) bond motifs is 1. The smallest absolute Gasteiger partial charge is 0.258 e. The number of carbonyl (C=O) groups is 1. The summed E-state index contributed by atoms with van der Waals surface area (Å²) in [5.74, 6) is -1.55. The van der Waals surface area contributed by atoms with Gasteiger partial charge in [-0.25, -0.2) is 13.8 Å². The van der Waals surface area contributed by atoms with Crippen molar-refractivity contribution in [3.63, 3.8) is 0 Å². The lowest BCUT2D eigenvalue weighted by atomic mass is 10.00. The van der Waals surface area contributed by atoms with Crippen LogP contribution in [0.2, 0.25) is 0 Å². The van der Waals surface area contributed by atoms with Gasteiger partial charge >= 0.3 is 0 Å². The Labute approximate surface area is 181 Å². The van der Waals surface area contributed by atoms with Gasteiger partial charge in [-0.3, -0.25) is 14.6 Å². The van der Waals surface area contributed by atoms with Crippen LogP contribution in [0.15, 0.2) is 34.5 Å². The molecule has 3 aromatic rings. The summed E-state index contributed by atoms with van der Waals surface area (Å²) < 4.78 is 29.4. The third kappa shape index (κ3) is 3.61. The number of aromatic nitrogens is 3. The minimum Gasteiger partial charge on any atom is -0.411 e. The van der Waals surface area contributed by atoms with Gasteiger partial charge in [0.1, 0.15) is 23.4 Å². The molecule has 166 valence electrons. The number of rotatable bonds is 5. The highest BCUT2D eigenvalue weighted by atomic mass is 19.1. The summed E-state index contributed by atoms with van der Waals surface area (Å²) >= 11 is 0. The largest absolute Gasteiger partial charge is 0.411 e. The van der Waals surface area contributed by atoms with E-state index < -0.39 is 29.4 Å². The number of oxime groups is 1. The molecule has 1 amide bonds. The lowest BCUT2D eigenvalue weighted by Crippen LogP contribution is -2.21. The maximum absolute atomic E-state index is 14.9. The number of amides is 1. The topological polar surface area (TPSA) is 109 Å². The predicted octanol–water partition coefficient (Wildman–Crippen LogP) is 3.33. The molecule has 2 atom stereocenters. The SMILES string of the molecule is CC/C(=N\O)c1ncc(-c2cc3cnc(NC(=O)[C@@H]4C[C@@H]4F)cc3n(C)c2=O)c(C)c1F. The summed E-state index contributed by atoms with van der Waals surface area (Å²) in [5, 5.41) is 15.3. The number of nitrogens with zero attached hydrogens (tertiary/aromatic N) is 4. The summed E-state index contributed by atoms with van der Waals surface area (Å²) in [6.07, 6.45) is 2.22. The highest BCUT2D eigenvalue weighted by Gasteiger charge is 2.43. The molecule has 0 bridgehead atoms. The van der Waals surface area contributed by atoms with Crippen LogP contribution >= 0.6 is 0 Å². The molecule has 32 heavy (non-hydrogen) atoms. The second-order valence-corrected chi connectivity index (χ2v) is 7.76. The Kier molecular flexibility index (Phi) is 5.45. The molecule has 0 unspecified atom stereocenters. The van der Waals surface area contributed by atoms with Crippen molar-refractivity contribution in [2.24, 2.45) is 18.1 Å². The zero-order valence-corrected chi connectivity index (χ0v) is 17.7. The molecule has 3 heterocycles. The molecule has 10 heteroatoms. The number of carbonyl (C=O) groups excluding carboxylic acids is 1. The van der Waals surface area contributed by atoms with Crippen molar-refractivity contribution < 1.29 is 18.8 Å². The minimum absolute atomic E-state index is 0.0675. The van der Waals surface area contributed by atoms with Crippen molar-refractivity contribution in [3.05, 3.63) is 52.0 Å². The monoisotopic (exact) mass is 441 g/mol. The Balaban J connectivity index is 1.77. The minimum atomic E-state index is -1.12. The maximum atomic E-state index is 14.9. The number of halogens is 2. The molecular weight excluding hydrogens is 420 g/mol. The van der Waals surface area contributed by atoms with Gasteiger partial charge in [0.2, 0.25) is 5.91 Å². The summed E-state index contributed by atoms with van der Waals surface area (Å²) in [4.78, 5) is 33.3. The third-order valence-corrected chi connectivity index (χ3v) is 5.69. The fourth-order valence-corrected chi connectivity index (χ4v) is 3.62. The zero-order valence-electron chi connectivity index (χ0n) is 17.7. The molecule has 0 spiro atoms. The standard InChI is InChI=1S/C22H21F2N5O3/c1-4-16(28-32)20-19(24)10(2)14(9-26-20)12-5-11-8-25-18(7-17(11)29(3)22(12)31)27-21(30)13-6-15(13)23/h5,7-9,13,15,32H,4,6H2,1-3H3,(H,25,27,30)/b28-16+/t13-,15+/m1/s1. The third-order valence-electron chi connectivity index (χ3n) is 5.69. The van der Waals surface area contributed by atoms with Crippen LogP contribution in [0, 0.1) is 18.7 Å². The molecule has 2 N–H and O–H groups in total. The predicted molar refractivity (Wildman–Crippen MR) is 115 cm³/mol. The van der Waals surface area contributed by atoms with E-state index in [9.17, 15) is 18.4 Å². The average Bonchev–Trinajstić information content (AvgIpc) is 3.52. The van der Waals surface area contributed by atoms with Crippen LogP contribution in [-0.4, -0.2) is 37.5 Å². The zero-order chi connectivity index (χ0) is 23.2. The molecular formula is C22H21F2N5O3. The number of aryl methyl sites for hydroxylation is 1. The van der Waals surface area contributed by atoms with E-state index in [-0.39, 0.29) is 41.2 Å². The van der Waals surface area contributed by atoms with E-state index in [1.807, 2.05) is 0 Å². The Bertz CT molecular complexity index is 1340. The van der Waals surface area contributed by atoms with E-state index in [1.54, 1.807) is 20.0 Å². The van der Waals surface area contributed by atoms with E-state index in [1.165, 1.54) is 30.0 Å². The van der Waals surface area contributed by atoms with Gasteiger partial charge in [-0.1, -0.05) is 12.1 Å². The fourth-order valence-electron chi connectivity index (χ4n) is 3.62. The molecule has 0 aromatic carbocycles. The number of nitrogens with one attached hydrogen (secondary N) is 1. The normalized spacial score (nSPS) is 18.1. The highest BCUT2D eigenvalue weighted by Crippen LogP contribution is 2.34. The number of pyridine rings is 3. The van der Waals surface area contributed by atoms with Gasteiger partial charge < -0.3 is 15.1 Å². The molecule has 8 nitrogen and oxygen atoms in total. The second kappa shape index (κ2) is 8.10. The maximum Gasteiger partial charge on any atom is 0.258 e. The van der Waals surface area contributed by atoms with Gasteiger partial charge in [0, 0.05) is 42.0 Å². The van der Waals surface area contributed by atoms with Crippen molar-refractivity contribution >= 4 is 28.3 Å². The molecule has 3 aromatic heterocycles. The number of hydrogen-bond donors (Lipinski definition) is 2. The molecule has 0 saturated heterocycles. The lowest BCUT2D eigenvalue weighted by Gasteiger charge is -2.13. The molecule has 1 aliphatic carbocycles. The van der Waals surface area contributed by atoms with Crippen molar-refractivity contribution in [1.82, 2.24) is 14.5 Å². The van der Waals surface area contributed by atoms with Crippen molar-refractivity contribution in [3.8, 4) is 11.1 Å². The van der Waals surface area contributed by atoms with Crippen LogP contribution in [0.4, 0.5) is 14.6 Å². The van der Waals surface area contributed by atoms with Gasteiger partial charge in [-0.2, -0.15) is 0 Å². The molecule has 0 aliphatic heterocycles. The first-order chi connectivity index (χ1) is 15.3. The molecule has 4 rings (SSSR count). The van der Waals surface area contributed by atoms with Gasteiger partial charge in [-0.05, 0) is 31.4 Å². The first-order valence-electron chi connectivity index (χ1n) is 10.1. The van der Waals surface area contributed by atoms with Gasteiger partial charge in [0.25, 0.3) is 5.56 Å². The van der Waals surface area contributed by atoms with Crippen LogP contribution in [-0.2, 0) is 11.8 Å². The molecule has 1 saturated carbocycles. The fraction of sp³-hybridized carbons (Fsp3) is 0.318. The van der Waals surface area contributed by atoms with Gasteiger partial charge in [-0.15, -0.1) is 0 Å². The number of anilines is 1. The number of hydrogen-bond acceptors (Lipinski definition) is 6. The van der Waals surface area contributed by atoms with E-state index in [2.05, 4.69) is 20.4 Å². The summed E-state index contributed by atoms with van der Waals surface area (Å²) in [6.45, 7) is 3.24. The van der Waals surface area contributed by atoms with Crippen LogP contribution in [0.25, 0.3) is 22.0 Å². The van der Waals surface area contributed by atoms with Crippen molar-refractivity contribution in [1.29, 1.82) is 0 Å². The van der Waals surface area contributed by atoms with Crippen LogP contribution in [0.1, 0.15) is 31.0 Å². The van der Waals surface area contributed by atoms with Crippen LogP contribution in [0.3, 0.4) is 0 Å². The second-order valence-electron chi connectivity index (χ2n) is 7.76. The van der Waals surface area contributed by atoms with E-state index in [0.29, 0.717) is 16.5 Å². The molecule has 0 radical (unpaired) electrons. The van der Waals surface area contributed by atoms with E-state index in [0.717, 1.165) is 0 Å². The lowest BCUT2D eigenvalue weighted by molar-refractivity contribution is -0.117. The van der Waals surface area contributed by atoms with E-state index >= 15 is 0 Å². The Morgan fingerprint density at radius 1 is 1.31 bits per heavy atom. The summed E-state index contributed by atoms with van der Waals surface area (Å²) in [5.41, 5.74) is 0.877.